The fourth-order valence-electron chi connectivity index (χ4n) is 4.13. The summed E-state index contributed by atoms with van der Waals surface area (Å²) in [6, 6.07) is 4.50. The maximum atomic E-state index is 14.8. The fraction of sp³-hybridized carbons (Fsp3) is 0.579. The molecule has 1 aromatic rings. The van der Waals surface area contributed by atoms with E-state index in [4.69, 9.17) is 15.5 Å². The number of nitrogens with two attached hydrogens (primary N) is 1. The van der Waals surface area contributed by atoms with Crippen LogP contribution in [-0.4, -0.2) is 45.8 Å². The van der Waals surface area contributed by atoms with Crippen molar-refractivity contribution >= 4 is 28.7 Å². The monoisotopic (exact) mass is 395 g/mol. The van der Waals surface area contributed by atoms with Gasteiger partial charge in [-0.1, -0.05) is 11.8 Å². The number of anilines is 1. The molecular formula is C19H26FN3O3S. The Labute approximate surface area is 163 Å². The van der Waals surface area contributed by atoms with Gasteiger partial charge in [-0.3, -0.25) is 4.90 Å². The van der Waals surface area contributed by atoms with Crippen LogP contribution in [0.25, 0.3) is 0 Å². The summed E-state index contributed by atoms with van der Waals surface area (Å²) >= 11 is 1.39. The minimum Gasteiger partial charge on any atom is -0.465 e. The van der Waals surface area contributed by atoms with Crippen molar-refractivity contribution in [1.82, 2.24) is 4.90 Å². The molecule has 6 nitrogen and oxygen atoms in total. The molecule has 1 aliphatic heterocycles. The first kappa shape index (κ1) is 19.9. The summed E-state index contributed by atoms with van der Waals surface area (Å²) in [6.45, 7) is 5.45. The van der Waals surface area contributed by atoms with Gasteiger partial charge in [0.25, 0.3) is 0 Å². The normalized spacial score (nSPS) is 27.8. The lowest BCUT2D eigenvalue weighted by atomic mass is 9.80. The molecule has 27 heavy (non-hydrogen) atoms. The molecule has 1 amide bonds. The van der Waals surface area contributed by atoms with Crippen molar-refractivity contribution in [2.24, 2.45) is 10.9 Å². The minimum atomic E-state index is -1.07. The molecule has 1 heterocycles. The SMILES string of the molecule is CO[C@H]1CC[C@]2(c3cc(N)ccc3F)N=C(N(C(=O)O)C(C)(C)C)SC[C@H]12. The lowest BCUT2D eigenvalue weighted by Gasteiger charge is -2.42. The third-order valence-electron chi connectivity index (χ3n) is 5.37. The third-order valence-corrected chi connectivity index (χ3v) is 6.43. The van der Waals surface area contributed by atoms with Gasteiger partial charge in [0.15, 0.2) is 5.17 Å². The Balaban J connectivity index is 2.19. The van der Waals surface area contributed by atoms with Crippen LogP contribution >= 0.6 is 11.8 Å². The number of ether oxygens (including phenoxy) is 1. The predicted octanol–water partition coefficient (Wildman–Crippen LogP) is 3.91. The van der Waals surface area contributed by atoms with Gasteiger partial charge in [0, 0.05) is 35.6 Å². The minimum absolute atomic E-state index is 0.0526. The van der Waals surface area contributed by atoms with Crippen LogP contribution in [0, 0.1) is 11.7 Å². The molecule has 0 unspecified atom stereocenters. The fourth-order valence-corrected chi connectivity index (χ4v) is 5.66. The molecule has 2 aliphatic rings. The Morgan fingerprint density at radius 1 is 1.48 bits per heavy atom. The molecule has 1 saturated carbocycles. The van der Waals surface area contributed by atoms with E-state index >= 15 is 0 Å². The molecule has 0 radical (unpaired) electrons. The Morgan fingerprint density at radius 3 is 2.78 bits per heavy atom. The van der Waals surface area contributed by atoms with E-state index in [1.165, 1.54) is 28.8 Å². The molecule has 3 atom stereocenters. The summed E-state index contributed by atoms with van der Waals surface area (Å²) < 4.78 is 20.5. The van der Waals surface area contributed by atoms with Gasteiger partial charge in [-0.2, -0.15) is 0 Å². The molecular weight excluding hydrogens is 369 g/mol. The standard InChI is InChI=1S/C19H26FN3O3S/c1-18(2,3)23(17(24)25)16-22-19(12-9-11(21)5-6-14(12)20)8-7-15(26-4)13(19)10-27-16/h5-6,9,13,15H,7-8,10,21H2,1-4H3,(H,24,25)/t13-,15+,19-/m1/s1. The van der Waals surface area contributed by atoms with Crippen LogP contribution in [0.4, 0.5) is 14.9 Å². The lowest BCUT2D eigenvalue weighted by molar-refractivity contribution is 0.0640. The highest BCUT2D eigenvalue weighted by Crippen LogP contribution is 2.53. The van der Waals surface area contributed by atoms with Crippen LogP contribution < -0.4 is 5.73 Å². The molecule has 1 aliphatic carbocycles. The van der Waals surface area contributed by atoms with E-state index < -0.39 is 17.2 Å². The van der Waals surface area contributed by atoms with Gasteiger partial charge in [0.05, 0.1) is 11.6 Å². The van der Waals surface area contributed by atoms with E-state index in [9.17, 15) is 14.3 Å². The van der Waals surface area contributed by atoms with Crippen molar-refractivity contribution in [3.05, 3.63) is 29.6 Å². The maximum absolute atomic E-state index is 14.8. The van der Waals surface area contributed by atoms with Gasteiger partial charge in [0.1, 0.15) is 5.82 Å². The van der Waals surface area contributed by atoms with Crippen LogP contribution in [0.15, 0.2) is 23.2 Å². The molecule has 148 valence electrons. The zero-order valence-electron chi connectivity index (χ0n) is 16.0. The zero-order chi connectivity index (χ0) is 20.0. The van der Waals surface area contributed by atoms with Crippen LogP contribution in [0.3, 0.4) is 0 Å². The van der Waals surface area contributed by atoms with E-state index in [0.29, 0.717) is 28.6 Å². The molecule has 0 bridgehead atoms. The first-order valence-corrected chi connectivity index (χ1v) is 9.93. The van der Waals surface area contributed by atoms with Gasteiger partial charge in [-0.25, -0.2) is 14.2 Å². The molecule has 1 fully saturated rings. The average Bonchev–Trinajstić information content (AvgIpc) is 2.94. The van der Waals surface area contributed by atoms with Crippen molar-refractivity contribution in [2.45, 2.75) is 50.8 Å². The number of rotatable bonds is 2. The van der Waals surface area contributed by atoms with Crippen molar-refractivity contribution in [1.29, 1.82) is 0 Å². The number of hydrogen-bond donors (Lipinski definition) is 2. The quantitative estimate of drug-likeness (QED) is 0.741. The van der Waals surface area contributed by atoms with Gasteiger partial charge in [-0.05, 0) is 51.8 Å². The van der Waals surface area contributed by atoms with Gasteiger partial charge >= 0.3 is 6.09 Å². The summed E-state index contributed by atoms with van der Waals surface area (Å²) in [6.07, 6.45) is 0.182. The number of hydrogen-bond acceptors (Lipinski definition) is 5. The number of amidine groups is 1. The second-order valence-electron chi connectivity index (χ2n) is 8.08. The summed E-state index contributed by atoms with van der Waals surface area (Å²) in [5.41, 5.74) is 5.27. The van der Waals surface area contributed by atoms with E-state index in [1.54, 1.807) is 13.2 Å². The number of amides is 1. The summed E-state index contributed by atoms with van der Waals surface area (Å²) in [5.74, 6) is 0.174. The number of halogens is 1. The first-order valence-electron chi connectivity index (χ1n) is 8.94. The molecule has 3 N–H and O–H groups in total. The van der Waals surface area contributed by atoms with Crippen molar-refractivity contribution in [3.8, 4) is 0 Å². The van der Waals surface area contributed by atoms with Crippen LogP contribution in [-0.2, 0) is 10.3 Å². The maximum Gasteiger partial charge on any atom is 0.413 e. The first-order chi connectivity index (χ1) is 12.6. The second-order valence-corrected chi connectivity index (χ2v) is 9.06. The molecule has 0 aromatic heterocycles. The number of carboxylic acid groups (broad SMARTS) is 1. The van der Waals surface area contributed by atoms with Gasteiger partial charge in [-0.15, -0.1) is 0 Å². The highest BCUT2D eigenvalue weighted by atomic mass is 32.2. The van der Waals surface area contributed by atoms with Crippen LogP contribution in [0.1, 0.15) is 39.2 Å². The van der Waals surface area contributed by atoms with E-state index in [1.807, 2.05) is 20.8 Å². The summed E-state index contributed by atoms with van der Waals surface area (Å²) in [7, 11) is 1.65. The van der Waals surface area contributed by atoms with Crippen LogP contribution in [0.5, 0.6) is 0 Å². The smallest absolute Gasteiger partial charge is 0.413 e. The topological polar surface area (TPSA) is 88.2 Å². The van der Waals surface area contributed by atoms with E-state index in [2.05, 4.69) is 0 Å². The lowest BCUT2D eigenvalue weighted by Crippen LogP contribution is -2.51. The zero-order valence-corrected chi connectivity index (χ0v) is 16.8. The highest BCUT2D eigenvalue weighted by molar-refractivity contribution is 8.13. The van der Waals surface area contributed by atoms with Crippen molar-refractivity contribution < 1.29 is 19.0 Å². The largest absolute Gasteiger partial charge is 0.465 e. The summed E-state index contributed by atoms with van der Waals surface area (Å²) in [4.78, 5) is 18.1. The third kappa shape index (κ3) is 3.40. The number of nitrogens with zero attached hydrogens (tertiary/aromatic N) is 2. The second kappa shape index (κ2) is 6.98. The van der Waals surface area contributed by atoms with Gasteiger partial charge in [0.2, 0.25) is 0 Å². The predicted molar refractivity (Wildman–Crippen MR) is 106 cm³/mol. The number of benzene rings is 1. The van der Waals surface area contributed by atoms with Crippen molar-refractivity contribution in [3.63, 3.8) is 0 Å². The molecule has 0 saturated heterocycles. The average molecular weight is 396 g/mol. The Kier molecular flexibility index (Phi) is 5.16. The summed E-state index contributed by atoms with van der Waals surface area (Å²) in [5, 5.41) is 10.2. The van der Waals surface area contributed by atoms with Gasteiger partial charge < -0.3 is 15.6 Å². The number of aliphatic imine (C=N–C) groups is 1. The number of fused-ring (bicyclic) bond motifs is 1. The number of nitrogen functional groups attached to an aromatic ring is 1. The van der Waals surface area contributed by atoms with E-state index in [0.717, 1.165) is 6.42 Å². The van der Waals surface area contributed by atoms with Crippen LogP contribution in [0.2, 0.25) is 0 Å². The van der Waals surface area contributed by atoms with Crippen molar-refractivity contribution in [2.75, 3.05) is 18.6 Å². The number of methoxy groups -OCH3 is 1. The number of carbonyl (C=O) groups is 1. The Morgan fingerprint density at radius 2 is 2.19 bits per heavy atom. The molecule has 1 aromatic carbocycles. The molecule has 3 rings (SSSR count). The number of thioether (sulfide) groups is 1. The highest BCUT2D eigenvalue weighted by Gasteiger charge is 2.54. The molecule has 0 spiro atoms. The Hall–Kier alpha value is -1.80. The molecule has 8 heteroatoms. The Bertz CT molecular complexity index is 780. The van der Waals surface area contributed by atoms with E-state index in [-0.39, 0.29) is 17.8 Å².